The summed E-state index contributed by atoms with van der Waals surface area (Å²) in [6.45, 7) is 2.45. The van der Waals surface area contributed by atoms with Gasteiger partial charge in [0.25, 0.3) is 0 Å². The summed E-state index contributed by atoms with van der Waals surface area (Å²) in [6, 6.07) is 5.53. The van der Waals surface area contributed by atoms with Crippen molar-refractivity contribution in [1.29, 1.82) is 0 Å². The summed E-state index contributed by atoms with van der Waals surface area (Å²) in [7, 11) is 0. The van der Waals surface area contributed by atoms with Crippen LogP contribution in [0.4, 0.5) is 4.39 Å². The summed E-state index contributed by atoms with van der Waals surface area (Å²) >= 11 is 0. The molecule has 0 bridgehead atoms. The van der Waals surface area contributed by atoms with Crippen molar-refractivity contribution in [3.8, 4) is 0 Å². The van der Waals surface area contributed by atoms with E-state index < -0.39 is 0 Å². The number of aryl methyl sites for hydroxylation is 1. The molecule has 1 heteroatoms. The fourth-order valence-electron chi connectivity index (χ4n) is 7.73. The SMILES string of the molecule is CC1CCC(C2CCC3CC(C4CCc5cc(F)ccc5C4)CCC3C2)CC1. The van der Waals surface area contributed by atoms with Crippen LogP contribution in [0, 0.1) is 47.2 Å². The van der Waals surface area contributed by atoms with E-state index >= 15 is 0 Å². The van der Waals surface area contributed by atoms with E-state index in [1.807, 2.05) is 0 Å². The predicted octanol–water partition coefficient (Wildman–Crippen LogP) is 7.59. The molecule has 5 atom stereocenters. The van der Waals surface area contributed by atoms with Crippen molar-refractivity contribution in [2.24, 2.45) is 41.4 Å². The van der Waals surface area contributed by atoms with Gasteiger partial charge in [0.15, 0.2) is 0 Å². The van der Waals surface area contributed by atoms with Crippen molar-refractivity contribution in [2.75, 3.05) is 0 Å². The maximum Gasteiger partial charge on any atom is 0.123 e. The lowest BCUT2D eigenvalue weighted by Crippen LogP contribution is -2.37. The van der Waals surface area contributed by atoms with Crippen molar-refractivity contribution < 1.29 is 4.39 Å². The first-order chi connectivity index (χ1) is 13.7. The van der Waals surface area contributed by atoms with Gasteiger partial charge in [-0.25, -0.2) is 4.39 Å². The Bertz CT molecular complexity index is 671. The summed E-state index contributed by atoms with van der Waals surface area (Å²) in [5.74, 6) is 6.91. The van der Waals surface area contributed by atoms with E-state index in [1.165, 1.54) is 81.8 Å². The fourth-order valence-corrected chi connectivity index (χ4v) is 7.73. The molecule has 3 fully saturated rings. The zero-order chi connectivity index (χ0) is 19.1. The van der Waals surface area contributed by atoms with E-state index in [4.69, 9.17) is 0 Å². The number of halogens is 1. The number of rotatable bonds is 2. The minimum Gasteiger partial charge on any atom is -0.207 e. The highest BCUT2D eigenvalue weighted by molar-refractivity contribution is 5.30. The highest BCUT2D eigenvalue weighted by Crippen LogP contribution is 2.51. The summed E-state index contributed by atoms with van der Waals surface area (Å²) in [5, 5.41) is 0. The lowest BCUT2D eigenvalue weighted by molar-refractivity contribution is 0.0451. The Morgan fingerprint density at radius 2 is 1.21 bits per heavy atom. The molecule has 28 heavy (non-hydrogen) atoms. The van der Waals surface area contributed by atoms with Gasteiger partial charge in [-0.15, -0.1) is 0 Å². The first kappa shape index (κ1) is 19.1. The van der Waals surface area contributed by atoms with Crippen molar-refractivity contribution in [2.45, 2.75) is 90.4 Å². The molecule has 5 rings (SSSR count). The van der Waals surface area contributed by atoms with Gasteiger partial charge < -0.3 is 0 Å². The highest BCUT2D eigenvalue weighted by Gasteiger charge is 2.40. The lowest BCUT2D eigenvalue weighted by atomic mass is 9.59. The Morgan fingerprint density at radius 3 is 1.89 bits per heavy atom. The van der Waals surface area contributed by atoms with Crippen LogP contribution in [0.1, 0.15) is 88.7 Å². The Hall–Kier alpha value is -0.850. The third-order valence-corrected chi connectivity index (χ3v) is 9.52. The van der Waals surface area contributed by atoms with Gasteiger partial charge in [-0.2, -0.15) is 0 Å². The molecule has 154 valence electrons. The van der Waals surface area contributed by atoms with Gasteiger partial charge >= 0.3 is 0 Å². The van der Waals surface area contributed by atoms with E-state index in [2.05, 4.69) is 13.0 Å². The van der Waals surface area contributed by atoms with Crippen LogP contribution in [0.3, 0.4) is 0 Å². The van der Waals surface area contributed by atoms with E-state index in [9.17, 15) is 4.39 Å². The Kier molecular flexibility index (Phi) is 5.54. The number of hydrogen-bond acceptors (Lipinski definition) is 0. The van der Waals surface area contributed by atoms with Crippen LogP contribution in [-0.4, -0.2) is 0 Å². The molecule has 0 N–H and O–H groups in total. The van der Waals surface area contributed by atoms with Crippen molar-refractivity contribution in [3.63, 3.8) is 0 Å². The van der Waals surface area contributed by atoms with Crippen LogP contribution in [0.5, 0.6) is 0 Å². The molecule has 5 unspecified atom stereocenters. The van der Waals surface area contributed by atoms with E-state index in [0.29, 0.717) is 0 Å². The molecule has 4 aliphatic carbocycles. The zero-order valence-electron chi connectivity index (χ0n) is 17.8. The summed E-state index contributed by atoms with van der Waals surface area (Å²) in [4.78, 5) is 0. The Balaban J connectivity index is 1.17. The number of fused-ring (bicyclic) bond motifs is 2. The standard InChI is InChI=1S/C27H39F/c1-18-2-4-19(5-3-18)20-6-7-22-15-23(9-8-21(22)14-20)24-10-11-26-17-27(28)13-12-25(26)16-24/h12-13,17-24H,2-11,14-16H2,1H3. The molecule has 0 radical (unpaired) electrons. The fraction of sp³-hybridized carbons (Fsp3) is 0.778. The van der Waals surface area contributed by atoms with Crippen LogP contribution < -0.4 is 0 Å². The summed E-state index contributed by atoms with van der Waals surface area (Å²) in [5.41, 5.74) is 2.72. The smallest absolute Gasteiger partial charge is 0.123 e. The van der Waals surface area contributed by atoms with Crippen LogP contribution >= 0.6 is 0 Å². The van der Waals surface area contributed by atoms with Crippen molar-refractivity contribution in [1.82, 2.24) is 0 Å². The molecule has 4 aliphatic rings. The Morgan fingerprint density at radius 1 is 0.643 bits per heavy atom. The zero-order valence-corrected chi connectivity index (χ0v) is 17.8. The van der Waals surface area contributed by atoms with Gasteiger partial charge in [-0.3, -0.25) is 0 Å². The summed E-state index contributed by atoms with van der Waals surface area (Å²) in [6.07, 6.45) is 18.7. The lowest BCUT2D eigenvalue weighted by Gasteiger charge is -2.47. The molecule has 0 saturated heterocycles. The van der Waals surface area contributed by atoms with Gasteiger partial charge in [0, 0.05) is 0 Å². The maximum atomic E-state index is 13.5. The average Bonchev–Trinajstić information content (AvgIpc) is 2.73. The maximum absolute atomic E-state index is 13.5. The normalized spacial score (nSPS) is 41.1. The molecular formula is C27H39F. The molecule has 1 aromatic rings. The van der Waals surface area contributed by atoms with Crippen LogP contribution in [0.15, 0.2) is 18.2 Å². The van der Waals surface area contributed by atoms with Crippen LogP contribution in [-0.2, 0) is 12.8 Å². The molecule has 3 saturated carbocycles. The minimum absolute atomic E-state index is 0.0538. The summed E-state index contributed by atoms with van der Waals surface area (Å²) < 4.78 is 13.5. The first-order valence-electron chi connectivity index (χ1n) is 12.4. The Labute approximate surface area is 171 Å². The number of hydrogen-bond donors (Lipinski definition) is 0. The number of benzene rings is 1. The van der Waals surface area contributed by atoms with Crippen LogP contribution in [0.2, 0.25) is 0 Å². The molecule has 0 nitrogen and oxygen atoms in total. The molecule has 0 aromatic heterocycles. The quantitative estimate of drug-likeness (QED) is 0.494. The second-order valence-electron chi connectivity index (χ2n) is 11.1. The second-order valence-corrected chi connectivity index (χ2v) is 11.1. The third kappa shape index (κ3) is 3.92. The third-order valence-electron chi connectivity index (χ3n) is 9.52. The average molecular weight is 383 g/mol. The predicted molar refractivity (Wildman–Crippen MR) is 115 cm³/mol. The van der Waals surface area contributed by atoms with Gasteiger partial charge in [0.05, 0.1) is 0 Å². The van der Waals surface area contributed by atoms with Crippen molar-refractivity contribution in [3.05, 3.63) is 35.1 Å². The van der Waals surface area contributed by atoms with Crippen molar-refractivity contribution >= 4 is 0 Å². The van der Waals surface area contributed by atoms with E-state index in [1.54, 1.807) is 18.6 Å². The molecule has 0 heterocycles. The van der Waals surface area contributed by atoms with E-state index in [-0.39, 0.29) is 5.82 Å². The first-order valence-corrected chi connectivity index (χ1v) is 12.4. The second kappa shape index (κ2) is 8.11. The van der Waals surface area contributed by atoms with Gasteiger partial charge in [-0.05, 0) is 135 Å². The highest BCUT2D eigenvalue weighted by atomic mass is 19.1. The monoisotopic (exact) mass is 382 g/mol. The molecular weight excluding hydrogens is 343 g/mol. The largest absolute Gasteiger partial charge is 0.207 e. The van der Waals surface area contributed by atoms with E-state index in [0.717, 1.165) is 47.8 Å². The van der Waals surface area contributed by atoms with Gasteiger partial charge in [0.2, 0.25) is 0 Å². The topological polar surface area (TPSA) is 0 Å². The minimum atomic E-state index is -0.0538. The molecule has 0 amide bonds. The van der Waals surface area contributed by atoms with Gasteiger partial charge in [-0.1, -0.05) is 25.8 Å². The molecule has 0 aliphatic heterocycles. The molecule has 0 spiro atoms. The van der Waals surface area contributed by atoms with Crippen LogP contribution in [0.25, 0.3) is 0 Å². The molecule has 1 aromatic carbocycles. The van der Waals surface area contributed by atoms with Gasteiger partial charge in [0.1, 0.15) is 5.82 Å².